The smallest absolute Gasteiger partial charge is 0.243 e. The van der Waals surface area contributed by atoms with Crippen molar-refractivity contribution in [3.8, 4) is 0 Å². The van der Waals surface area contributed by atoms with Gasteiger partial charge in [0.25, 0.3) is 0 Å². The second-order valence-electron chi connectivity index (χ2n) is 6.69. The van der Waals surface area contributed by atoms with Crippen LogP contribution in [-0.2, 0) is 4.79 Å². The van der Waals surface area contributed by atoms with Crippen molar-refractivity contribution >= 4 is 5.91 Å². The molecule has 0 aromatic carbocycles. The van der Waals surface area contributed by atoms with Crippen LogP contribution in [0.25, 0.3) is 0 Å². The van der Waals surface area contributed by atoms with E-state index in [2.05, 4.69) is 6.92 Å². The molecule has 0 rings (SSSR count). The minimum Gasteiger partial charge on any atom is -0.393 e. The van der Waals surface area contributed by atoms with E-state index in [4.69, 9.17) is 5.21 Å². The Hall–Kier alpha value is -1.69. The monoisotopic (exact) mass is 365 g/mol. The molecule has 5 nitrogen and oxygen atoms in total. The van der Waals surface area contributed by atoms with Crippen LogP contribution >= 0.6 is 0 Å². The lowest BCUT2D eigenvalue weighted by Crippen LogP contribution is -2.23. The molecule has 26 heavy (non-hydrogen) atoms. The van der Waals surface area contributed by atoms with Gasteiger partial charge in [0.05, 0.1) is 11.7 Å². The van der Waals surface area contributed by atoms with Crippen molar-refractivity contribution in [2.24, 2.45) is 0 Å². The van der Waals surface area contributed by atoms with Gasteiger partial charge >= 0.3 is 0 Å². The molecule has 0 aliphatic rings. The normalized spacial score (nSPS) is 16.0. The van der Waals surface area contributed by atoms with E-state index in [1.165, 1.54) is 12.8 Å². The maximum atomic E-state index is 10.9. The van der Waals surface area contributed by atoms with Gasteiger partial charge in [-0.15, -0.1) is 0 Å². The standard InChI is InChI=1S/C21H35NO4/c1-3-4-10-14-19(23)15-11-8-6-5-7-9-12-17-21(2,25)18-13-16-20(24)22-26/h5-9,11-12,17,19,23,25-26H,3-4,10,13-16,18H2,1-2H3,(H,22,24)/b6-5+,9-7-,11-8+,17-12+/t19-,21-/m1/s1. The second kappa shape index (κ2) is 15.6. The summed E-state index contributed by atoms with van der Waals surface area (Å²) in [7, 11) is 0. The number of rotatable bonds is 14. The molecule has 0 saturated heterocycles. The van der Waals surface area contributed by atoms with Crippen molar-refractivity contribution in [3.63, 3.8) is 0 Å². The number of amides is 1. The van der Waals surface area contributed by atoms with Crippen molar-refractivity contribution < 1.29 is 20.2 Å². The van der Waals surface area contributed by atoms with Crippen LogP contribution in [0.2, 0.25) is 0 Å². The van der Waals surface area contributed by atoms with Gasteiger partial charge in [0.1, 0.15) is 0 Å². The molecule has 0 aromatic heterocycles. The topological polar surface area (TPSA) is 89.8 Å². The highest BCUT2D eigenvalue weighted by Crippen LogP contribution is 2.15. The lowest BCUT2D eigenvalue weighted by atomic mass is 9.98. The molecule has 0 aliphatic heterocycles. The summed E-state index contributed by atoms with van der Waals surface area (Å²) in [6.07, 6.45) is 20.6. The molecular formula is C21H35NO4. The van der Waals surface area contributed by atoms with Gasteiger partial charge in [0, 0.05) is 6.42 Å². The summed E-state index contributed by atoms with van der Waals surface area (Å²) >= 11 is 0. The van der Waals surface area contributed by atoms with Crippen LogP contribution in [0.4, 0.5) is 0 Å². The lowest BCUT2D eigenvalue weighted by molar-refractivity contribution is -0.129. The van der Waals surface area contributed by atoms with E-state index >= 15 is 0 Å². The summed E-state index contributed by atoms with van der Waals surface area (Å²) in [5.74, 6) is -0.448. The first-order valence-corrected chi connectivity index (χ1v) is 9.42. The fraction of sp³-hybridized carbons (Fsp3) is 0.571. The van der Waals surface area contributed by atoms with E-state index < -0.39 is 11.5 Å². The summed E-state index contributed by atoms with van der Waals surface area (Å²) in [6.45, 7) is 3.83. The van der Waals surface area contributed by atoms with E-state index in [-0.39, 0.29) is 12.5 Å². The van der Waals surface area contributed by atoms with Crippen LogP contribution in [0.1, 0.15) is 65.2 Å². The average molecular weight is 366 g/mol. The Labute approximate surface area is 157 Å². The molecule has 0 aromatic rings. The zero-order chi connectivity index (χ0) is 19.7. The Morgan fingerprint density at radius 1 is 1.08 bits per heavy atom. The molecule has 5 heteroatoms. The third kappa shape index (κ3) is 15.8. The van der Waals surface area contributed by atoms with Gasteiger partial charge < -0.3 is 10.2 Å². The fourth-order valence-electron chi connectivity index (χ4n) is 2.33. The van der Waals surface area contributed by atoms with Crippen LogP contribution < -0.4 is 5.48 Å². The number of nitrogens with one attached hydrogen (secondary N) is 1. The van der Waals surface area contributed by atoms with Gasteiger partial charge in [-0.25, -0.2) is 5.48 Å². The third-order valence-electron chi connectivity index (χ3n) is 3.91. The largest absolute Gasteiger partial charge is 0.393 e. The van der Waals surface area contributed by atoms with Crippen LogP contribution in [0.5, 0.6) is 0 Å². The number of unbranched alkanes of at least 4 members (excludes halogenated alkanes) is 2. The van der Waals surface area contributed by atoms with Gasteiger partial charge in [-0.05, 0) is 32.6 Å². The minimum absolute atomic E-state index is 0.179. The van der Waals surface area contributed by atoms with Crippen molar-refractivity contribution in [1.82, 2.24) is 5.48 Å². The molecular weight excluding hydrogens is 330 g/mol. The molecule has 0 saturated carbocycles. The number of carbonyl (C=O) groups is 1. The van der Waals surface area contributed by atoms with Crippen LogP contribution in [0, 0.1) is 0 Å². The van der Waals surface area contributed by atoms with E-state index in [9.17, 15) is 15.0 Å². The summed E-state index contributed by atoms with van der Waals surface area (Å²) < 4.78 is 0. The number of hydrogen-bond donors (Lipinski definition) is 4. The molecule has 0 bridgehead atoms. The summed E-state index contributed by atoms with van der Waals surface area (Å²) in [5, 5.41) is 28.3. The van der Waals surface area contributed by atoms with Gasteiger partial charge in [0.15, 0.2) is 0 Å². The Morgan fingerprint density at radius 3 is 2.38 bits per heavy atom. The molecule has 0 fully saturated rings. The number of hydrogen-bond acceptors (Lipinski definition) is 4. The second-order valence-corrected chi connectivity index (χ2v) is 6.69. The first-order valence-electron chi connectivity index (χ1n) is 9.42. The maximum Gasteiger partial charge on any atom is 0.243 e. The molecule has 0 unspecified atom stereocenters. The molecule has 0 radical (unpaired) electrons. The van der Waals surface area contributed by atoms with E-state index in [0.29, 0.717) is 19.3 Å². The van der Waals surface area contributed by atoms with Gasteiger partial charge in [0.2, 0.25) is 5.91 Å². The lowest BCUT2D eigenvalue weighted by Gasteiger charge is -2.17. The number of allylic oxidation sites excluding steroid dienone is 6. The Kier molecular flexibility index (Phi) is 14.5. The quantitative estimate of drug-likeness (QED) is 0.162. The predicted molar refractivity (Wildman–Crippen MR) is 106 cm³/mol. The zero-order valence-electron chi connectivity index (χ0n) is 16.1. The fourth-order valence-corrected chi connectivity index (χ4v) is 2.33. The minimum atomic E-state index is -0.988. The summed E-state index contributed by atoms with van der Waals surface area (Å²) in [5.41, 5.74) is 0.584. The van der Waals surface area contributed by atoms with E-state index in [0.717, 1.165) is 12.8 Å². The van der Waals surface area contributed by atoms with Crippen LogP contribution in [0.15, 0.2) is 48.6 Å². The first kappa shape index (κ1) is 24.3. The molecule has 2 atom stereocenters. The highest BCUT2D eigenvalue weighted by atomic mass is 16.5. The molecule has 4 N–H and O–H groups in total. The van der Waals surface area contributed by atoms with Gasteiger partial charge in [-0.3, -0.25) is 10.0 Å². The first-order chi connectivity index (χ1) is 12.4. The van der Waals surface area contributed by atoms with Crippen LogP contribution in [-0.4, -0.2) is 33.0 Å². The Morgan fingerprint density at radius 2 is 1.73 bits per heavy atom. The maximum absolute atomic E-state index is 10.9. The molecule has 0 spiro atoms. The average Bonchev–Trinajstić information content (AvgIpc) is 2.60. The van der Waals surface area contributed by atoms with Gasteiger partial charge in [-0.1, -0.05) is 74.8 Å². The number of carbonyl (C=O) groups excluding carboxylic acids is 1. The third-order valence-corrected chi connectivity index (χ3v) is 3.91. The predicted octanol–water partition coefficient (Wildman–Crippen LogP) is 3.97. The highest BCUT2D eigenvalue weighted by Gasteiger charge is 2.15. The Bertz CT molecular complexity index is 478. The number of hydroxylamine groups is 1. The number of aliphatic hydroxyl groups is 2. The Balaban J connectivity index is 3.98. The highest BCUT2D eigenvalue weighted by molar-refractivity contribution is 5.74. The number of aliphatic hydroxyl groups excluding tert-OH is 1. The van der Waals surface area contributed by atoms with E-state index in [1.807, 2.05) is 36.5 Å². The van der Waals surface area contributed by atoms with Gasteiger partial charge in [-0.2, -0.15) is 0 Å². The molecule has 1 amide bonds. The van der Waals surface area contributed by atoms with Crippen molar-refractivity contribution in [3.05, 3.63) is 48.6 Å². The van der Waals surface area contributed by atoms with Crippen LogP contribution in [0.3, 0.4) is 0 Å². The van der Waals surface area contributed by atoms with Crippen molar-refractivity contribution in [1.29, 1.82) is 0 Å². The molecule has 148 valence electrons. The van der Waals surface area contributed by atoms with Crippen molar-refractivity contribution in [2.45, 2.75) is 76.9 Å². The summed E-state index contributed by atoms with van der Waals surface area (Å²) in [4.78, 5) is 10.9. The SMILES string of the molecule is CCCCC[C@@H](O)C/C=C/C=C/C=C\C=C\[C@@](C)(O)CCCC(=O)NO. The molecule has 0 heterocycles. The zero-order valence-corrected chi connectivity index (χ0v) is 16.1. The van der Waals surface area contributed by atoms with E-state index in [1.54, 1.807) is 24.6 Å². The summed E-state index contributed by atoms with van der Waals surface area (Å²) in [6, 6.07) is 0. The molecule has 0 aliphatic carbocycles. The van der Waals surface area contributed by atoms with Crippen molar-refractivity contribution in [2.75, 3.05) is 0 Å².